The van der Waals surface area contributed by atoms with Gasteiger partial charge in [0.15, 0.2) is 0 Å². The second-order valence-electron chi connectivity index (χ2n) is 6.22. The smallest absolute Gasteiger partial charge is 0.233 e. The van der Waals surface area contributed by atoms with E-state index in [1.807, 2.05) is 13.8 Å². The van der Waals surface area contributed by atoms with Crippen LogP contribution in [0.2, 0.25) is 0 Å². The van der Waals surface area contributed by atoms with E-state index < -0.39 is 11.8 Å². The molecule has 0 fully saturated rings. The van der Waals surface area contributed by atoms with Crippen LogP contribution in [0.4, 0.5) is 17.1 Å². The Morgan fingerprint density at radius 3 is 1.59 bits per heavy atom. The van der Waals surface area contributed by atoms with Crippen molar-refractivity contribution in [3.8, 4) is 5.75 Å². The Hall–Kier alpha value is -3.35. The number of rotatable bonds is 7. The van der Waals surface area contributed by atoms with E-state index in [0.717, 1.165) is 0 Å². The van der Waals surface area contributed by atoms with Gasteiger partial charge in [0, 0.05) is 24.0 Å². The Balaban J connectivity index is 1.82. The predicted molar refractivity (Wildman–Crippen MR) is 105 cm³/mol. The van der Waals surface area contributed by atoms with Crippen LogP contribution in [0, 0.1) is 0 Å². The fraction of sp³-hybridized carbons (Fsp3) is 0.250. The van der Waals surface area contributed by atoms with Crippen LogP contribution in [-0.2, 0) is 14.4 Å². The third kappa shape index (κ3) is 7.19. The Morgan fingerprint density at radius 1 is 0.778 bits per heavy atom. The lowest BCUT2D eigenvalue weighted by molar-refractivity contribution is -0.123. The highest BCUT2D eigenvalue weighted by Crippen LogP contribution is 2.17. The number of hydrogen-bond donors (Lipinski definition) is 3. The molecule has 3 N–H and O–H groups in total. The van der Waals surface area contributed by atoms with Gasteiger partial charge in [0.25, 0.3) is 0 Å². The fourth-order valence-corrected chi connectivity index (χ4v) is 2.29. The number of hydrogen-bond acceptors (Lipinski definition) is 4. The fourth-order valence-electron chi connectivity index (χ4n) is 2.29. The lowest BCUT2D eigenvalue weighted by atomic mass is 10.2. The summed E-state index contributed by atoms with van der Waals surface area (Å²) in [6, 6.07) is 13.6. The molecule has 7 nitrogen and oxygen atoms in total. The molecule has 0 radical (unpaired) electrons. The maximum atomic E-state index is 12.0. The maximum absolute atomic E-state index is 12.0. The van der Waals surface area contributed by atoms with Gasteiger partial charge in [-0.05, 0) is 62.4 Å². The molecule has 0 unspecified atom stereocenters. The molecular weight excluding hydrogens is 346 g/mol. The van der Waals surface area contributed by atoms with Crippen LogP contribution >= 0.6 is 0 Å². The van der Waals surface area contributed by atoms with Crippen molar-refractivity contribution in [2.75, 3.05) is 16.0 Å². The average Bonchev–Trinajstić information content (AvgIpc) is 2.57. The molecule has 142 valence electrons. The van der Waals surface area contributed by atoms with Crippen molar-refractivity contribution in [1.29, 1.82) is 0 Å². The Kier molecular flexibility index (Phi) is 6.93. The maximum Gasteiger partial charge on any atom is 0.233 e. The Bertz CT molecular complexity index is 799. The highest BCUT2D eigenvalue weighted by molar-refractivity contribution is 6.08. The molecule has 0 bridgehead atoms. The minimum absolute atomic E-state index is 0.0708. The van der Waals surface area contributed by atoms with Gasteiger partial charge < -0.3 is 20.7 Å². The normalized spacial score (nSPS) is 10.2. The summed E-state index contributed by atoms with van der Waals surface area (Å²) >= 11 is 0. The largest absolute Gasteiger partial charge is 0.491 e. The molecule has 27 heavy (non-hydrogen) atoms. The van der Waals surface area contributed by atoms with Crippen LogP contribution in [0.5, 0.6) is 5.75 Å². The monoisotopic (exact) mass is 369 g/mol. The van der Waals surface area contributed by atoms with E-state index in [1.165, 1.54) is 6.92 Å². The Morgan fingerprint density at radius 2 is 1.19 bits per heavy atom. The summed E-state index contributed by atoms with van der Waals surface area (Å²) in [4.78, 5) is 35.0. The summed E-state index contributed by atoms with van der Waals surface area (Å²) in [5, 5.41) is 7.94. The van der Waals surface area contributed by atoms with Crippen molar-refractivity contribution in [3.05, 3.63) is 48.5 Å². The molecule has 0 aliphatic carbocycles. The second-order valence-corrected chi connectivity index (χ2v) is 6.22. The zero-order chi connectivity index (χ0) is 19.8. The molecule has 0 atom stereocenters. The molecule has 3 amide bonds. The molecule has 0 aromatic heterocycles. The molecular formula is C20H23N3O4. The van der Waals surface area contributed by atoms with Gasteiger partial charge in [-0.25, -0.2) is 0 Å². The van der Waals surface area contributed by atoms with Gasteiger partial charge in [0.1, 0.15) is 12.2 Å². The molecule has 0 aliphatic heterocycles. The van der Waals surface area contributed by atoms with Crippen LogP contribution in [0.15, 0.2) is 48.5 Å². The number of nitrogens with one attached hydrogen (secondary N) is 3. The van der Waals surface area contributed by atoms with Gasteiger partial charge in [0.2, 0.25) is 17.7 Å². The molecule has 2 aromatic rings. The standard InChI is InChI=1S/C20H23N3O4/c1-13(2)27-18-10-8-17(9-11-18)23-20(26)12-19(25)22-16-6-4-15(5-7-16)21-14(3)24/h4-11,13H,12H2,1-3H3,(H,21,24)(H,22,25)(H,23,26). The minimum Gasteiger partial charge on any atom is -0.491 e. The predicted octanol–water partition coefficient (Wildman–Crippen LogP) is 3.40. The van der Waals surface area contributed by atoms with Crippen molar-refractivity contribution in [1.82, 2.24) is 0 Å². The average molecular weight is 369 g/mol. The number of benzene rings is 2. The lowest BCUT2D eigenvalue weighted by Gasteiger charge is -2.11. The van der Waals surface area contributed by atoms with Crippen LogP contribution in [0.25, 0.3) is 0 Å². The zero-order valence-corrected chi connectivity index (χ0v) is 15.5. The first kappa shape index (κ1) is 20.0. The molecule has 2 aromatic carbocycles. The first-order chi connectivity index (χ1) is 12.8. The van der Waals surface area contributed by atoms with Crippen molar-refractivity contribution in [2.45, 2.75) is 33.3 Å². The second kappa shape index (κ2) is 9.38. The molecule has 0 aliphatic rings. The van der Waals surface area contributed by atoms with E-state index in [-0.39, 0.29) is 18.4 Å². The lowest BCUT2D eigenvalue weighted by Crippen LogP contribution is -2.21. The highest BCUT2D eigenvalue weighted by atomic mass is 16.5. The summed E-state index contributed by atoms with van der Waals surface area (Å²) in [6.07, 6.45) is -0.237. The summed E-state index contributed by atoms with van der Waals surface area (Å²) < 4.78 is 5.53. The molecule has 0 saturated carbocycles. The van der Waals surface area contributed by atoms with E-state index in [4.69, 9.17) is 4.74 Å². The van der Waals surface area contributed by atoms with Crippen molar-refractivity contribution >= 4 is 34.8 Å². The number of anilines is 3. The third-order valence-corrected chi connectivity index (χ3v) is 3.32. The summed E-state index contributed by atoms with van der Waals surface area (Å²) in [7, 11) is 0. The third-order valence-electron chi connectivity index (χ3n) is 3.32. The van der Waals surface area contributed by atoms with Gasteiger partial charge in [-0.15, -0.1) is 0 Å². The topological polar surface area (TPSA) is 96.5 Å². The Labute approximate surface area is 158 Å². The van der Waals surface area contributed by atoms with Crippen LogP contribution in [-0.4, -0.2) is 23.8 Å². The van der Waals surface area contributed by atoms with Gasteiger partial charge >= 0.3 is 0 Å². The summed E-state index contributed by atoms with van der Waals surface area (Å²) in [5.41, 5.74) is 1.75. The van der Waals surface area contributed by atoms with E-state index in [9.17, 15) is 14.4 Å². The van der Waals surface area contributed by atoms with E-state index in [2.05, 4.69) is 16.0 Å². The summed E-state index contributed by atoms with van der Waals surface area (Å²) in [5.74, 6) is -0.310. The van der Waals surface area contributed by atoms with Crippen LogP contribution in [0.3, 0.4) is 0 Å². The summed E-state index contributed by atoms with van der Waals surface area (Å²) in [6.45, 7) is 5.28. The minimum atomic E-state index is -0.431. The van der Waals surface area contributed by atoms with Gasteiger partial charge in [-0.3, -0.25) is 14.4 Å². The van der Waals surface area contributed by atoms with Crippen molar-refractivity contribution in [2.24, 2.45) is 0 Å². The number of amides is 3. The molecule has 7 heteroatoms. The van der Waals surface area contributed by atoms with Gasteiger partial charge in [-0.2, -0.15) is 0 Å². The van der Waals surface area contributed by atoms with Crippen LogP contribution in [0.1, 0.15) is 27.2 Å². The van der Waals surface area contributed by atoms with Crippen molar-refractivity contribution in [3.63, 3.8) is 0 Å². The quantitative estimate of drug-likeness (QED) is 0.652. The SMILES string of the molecule is CC(=O)Nc1ccc(NC(=O)CC(=O)Nc2ccc(OC(C)C)cc2)cc1. The van der Waals surface area contributed by atoms with E-state index >= 15 is 0 Å². The number of ether oxygens (including phenoxy) is 1. The zero-order valence-electron chi connectivity index (χ0n) is 15.5. The van der Waals surface area contributed by atoms with Gasteiger partial charge in [-0.1, -0.05) is 0 Å². The number of carbonyl (C=O) groups excluding carboxylic acids is 3. The first-order valence-electron chi connectivity index (χ1n) is 8.56. The van der Waals surface area contributed by atoms with Crippen LogP contribution < -0.4 is 20.7 Å². The molecule has 0 spiro atoms. The van der Waals surface area contributed by atoms with E-state index in [1.54, 1.807) is 48.5 Å². The van der Waals surface area contributed by atoms with Crippen molar-refractivity contribution < 1.29 is 19.1 Å². The van der Waals surface area contributed by atoms with Gasteiger partial charge in [0.05, 0.1) is 6.10 Å². The molecule has 2 rings (SSSR count). The highest BCUT2D eigenvalue weighted by Gasteiger charge is 2.10. The molecule has 0 saturated heterocycles. The molecule has 0 heterocycles. The number of carbonyl (C=O) groups is 3. The van der Waals surface area contributed by atoms with E-state index in [0.29, 0.717) is 22.8 Å². The first-order valence-corrected chi connectivity index (χ1v) is 8.56.